The Morgan fingerprint density at radius 1 is 1.27 bits per heavy atom. The van der Waals surface area contributed by atoms with Gasteiger partial charge in [0.25, 0.3) is 5.91 Å². The summed E-state index contributed by atoms with van der Waals surface area (Å²) in [4.78, 5) is 24.6. The van der Waals surface area contributed by atoms with E-state index in [0.29, 0.717) is 16.4 Å². The molecule has 0 atom stereocenters. The van der Waals surface area contributed by atoms with Crippen molar-refractivity contribution in [1.82, 2.24) is 20.1 Å². The number of aromatic nitrogens is 3. The fraction of sp³-hybridized carbons (Fsp3) is 0.444. The molecule has 1 saturated carbocycles. The van der Waals surface area contributed by atoms with Gasteiger partial charge in [-0.05, 0) is 31.0 Å². The molecule has 1 aromatic heterocycles. The lowest BCUT2D eigenvalue weighted by atomic mass is 9.95. The molecule has 1 aromatic carbocycles. The van der Waals surface area contributed by atoms with Crippen molar-refractivity contribution in [2.24, 2.45) is 7.05 Å². The van der Waals surface area contributed by atoms with Crippen LogP contribution in [0.25, 0.3) is 0 Å². The Morgan fingerprint density at radius 2 is 2.08 bits per heavy atom. The highest BCUT2D eigenvalue weighted by Crippen LogP contribution is 2.19. The fourth-order valence-corrected chi connectivity index (χ4v) is 3.67. The molecule has 0 aliphatic heterocycles. The van der Waals surface area contributed by atoms with E-state index in [1.54, 1.807) is 35.2 Å². The van der Waals surface area contributed by atoms with Gasteiger partial charge in [0.1, 0.15) is 6.33 Å². The van der Waals surface area contributed by atoms with Gasteiger partial charge in [-0.2, -0.15) is 0 Å². The van der Waals surface area contributed by atoms with Crippen LogP contribution in [0, 0.1) is 0 Å². The third kappa shape index (κ3) is 5.08. The van der Waals surface area contributed by atoms with E-state index in [1.165, 1.54) is 31.0 Å². The SMILES string of the molecule is Cn1cnnc1SCC(=O)Nc1cccc(C(=O)NC2CCCCC2)c1. The number of amides is 2. The zero-order valence-corrected chi connectivity index (χ0v) is 15.6. The van der Waals surface area contributed by atoms with Crippen molar-refractivity contribution in [3.05, 3.63) is 36.2 Å². The average molecular weight is 373 g/mol. The molecule has 3 rings (SSSR count). The summed E-state index contributed by atoms with van der Waals surface area (Å²) < 4.78 is 1.76. The molecule has 0 bridgehead atoms. The minimum absolute atomic E-state index is 0.0820. The van der Waals surface area contributed by atoms with Crippen molar-refractivity contribution in [2.45, 2.75) is 43.3 Å². The average Bonchev–Trinajstić information content (AvgIpc) is 3.06. The first-order chi connectivity index (χ1) is 12.6. The minimum atomic E-state index is -0.150. The zero-order valence-electron chi connectivity index (χ0n) is 14.8. The lowest BCUT2D eigenvalue weighted by molar-refractivity contribution is -0.113. The van der Waals surface area contributed by atoms with Crippen LogP contribution in [0.5, 0.6) is 0 Å². The van der Waals surface area contributed by atoms with Crippen molar-refractivity contribution in [1.29, 1.82) is 0 Å². The number of rotatable bonds is 6. The van der Waals surface area contributed by atoms with E-state index in [1.807, 2.05) is 7.05 Å². The number of hydrogen-bond acceptors (Lipinski definition) is 5. The largest absolute Gasteiger partial charge is 0.349 e. The van der Waals surface area contributed by atoms with Gasteiger partial charge in [0.05, 0.1) is 5.75 Å². The first kappa shape index (κ1) is 18.4. The highest BCUT2D eigenvalue weighted by Gasteiger charge is 2.17. The molecule has 1 aliphatic rings. The van der Waals surface area contributed by atoms with Crippen LogP contribution < -0.4 is 10.6 Å². The summed E-state index contributed by atoms with van der Waals surface area (Å²) in [6.07, 6.45) is 7.27. The molecule has 138 valence electrons. The van der Waals surface area contributed by atoms with Gasteiger partial charge >= 0.3 is 0 Å². The maximum absolute atomic E-state index is 12.4. The first-order valence-corrected chi connectivity index (χ1v) is 9.78. The minimum Gasteiger partial charge on any atom is -0.349 e. The summed E-state index contributed by atoms with van der Waals surface area (Å²) in [5.74, 6) is -0.00492. The van der Waals surface area contributed by atoms with Gasteiger partial charge in [0.2, 0.25) is 5.91 Å². The molecule has 0 spiro atoms. The molecular formula is C18H23N5O2S. The Bertz CT molecular complexity index is 770. The summed E-state index contributed by atoms with van der Waals surface area (Å²) in [5, 5.41) is 14.3. The number of nitrogens with one attached hydrogen (secondary N) is 2. The van der Waals surface area contributed by atoms with E-state index in [0.717, 1.165) is 12.8 Å². The number of nitrogens with zero attached hydrogens (tertiary/aromatic N) is 3. The first-order valence-electron chi connectivity index (χ1n) is 8.79. The van der Waals surface area contributed by atoms with E-state index in [4.69, 9.17) is 0 Å². The van der Waals surface area contributed by atoms with E-state index in [9.17, 15) is 9.59 Å². The highest BCUT2D eigenvalue weighted by atomic mass is 32.2. The number of aryl methyl sites for hydroxylation is 1. The van der Waals surface area contributed by atoms with Gasteiger partial charge in [-0.1, -0.05) is 37.1 Å². The Hall–Kier alpha value is -2.35. The molecule has 1 heterocycles. The number of anilines is 1. The quantitative estimate of drug-likeness (QED) is 0.760. The lowest BCUT2D eigenvalue weighted by Gasteiger charge is -2.22. The van der Waals surface area contributed by atoms with Gasteiger partial charge in [-0.25, -0.2) is 0 Å². The molecule has 26 heavy (non-hydrogen) atoms. The Labute approximate surface area is 157 Å². The van der Waals surface area contributed by atoms with Gasteiger partial charge in [0.15, 0.2) is 5.16 Å². The number of thioether (sulfide) groups is 1. The van der Waals surface area contributed by atoms with E-state index < -0.39 is 0 Å². The molecule has 2 N–H and O–H groups in total. The Morgan fingerprint density at radius 3 is 2.81 bits per heavy atom. The van der Waals surface area contributed by atoms with Gasteiger partial charge < -0.3 is 15.2 Å². The van der Waals surface area contributed by atoms with E-state index in [2.05, 4.69) is 20.8 Å². The predicted octanol–water partition coefficient (Wildman–Crippen LogP) is 2.61. The summed E-state index contributed by atoms with van der Waals surface area (Å²) in [5.41, 5.74) is 1.18. The molecule has 7 nitrogen and oxygen atoms in total. The number of benzene rings is 1. The van der Waals surface area contributed by atoms with E-state index in [-0.39, 0.29) is 23.6 Å². The zero-order chi connectivity index (χ0) is 18.4. The van der Waals surface area contributed by atoms with Gasteiger partial charge in [-0.3, -0.25) is 9.59 Å². The van der Waals surface area contributed by atoms with Crippen LogP contribution >= 0.6 is 11.8 Å². The highest BCUT2D eigenvalue weighted by molar-refractivity contribution is 7.99. The molecule has 1 aliphatic carbocycles. The Balaban J connectivity index is 1.53. The summed E-state index contributed by atoms with van der Waals surface area (Å²) in [6.45, 7) is 0. The van der Waals surface area contributed by atoms with Crippen LogP contribution in [0.15, 0.2) is 35.7 Å². The smallest absolute Gasteiger partial charge is 0.251 e. The van der Waals surface area contributed by atoms with Gasteiger partial charge in [0, 0.05) is 24.3 Å². The molecule has 0 unspecified atom stereocenters. The van der Waals surface area contributed by atoms with Gasteiger partial charge in [-0.15, -0.1) is 10.2 Å². The van der Waals surface area contributed by atoms with Crippen molar-refractivity contribution in [3.63, 3.8) is 0 Å². The molecule has 2 amide bonds. The predicted molar refractivity (Wildman–Crippen MR) is 101 cm³/mol. The van der Waals surface area contributed by atoms with Crippen molar-refractivity contribution < 1.29 is 9.59 Å². The second-order valence-electron chi connectivity index (χ2n) is 6.45. The maximum atomic E-state index is 12.4. The topological polar surface area (TPSA) is 88.9 Å². The number of carbonyl (C=O) groups is 2. The molecule has 0 saturated heterocycles. The van der Waals surface area contributed by atoms with Crippen LogP contribution in [0.3, 0.4) is 0 Å². The van der Waals surface area contributed by atoms with Crippen LogP contribution in [0.2, 0.25) is 0 Å². The van der Waals surface area contributed by atoms with Crippen LogP contribution in [-0.4, -0.2) is 38.4 Å². The molecule has 0 radical (unpaired) electrons. The van der Waals surface area contributed by atoms with Crippen molar-refractivity contribution >= 4 is 29.3 Å². The maximum Gasteiger partial charge on any atom is 0.251 e. The summed E-state index contributed by atoms with van der Waals surface area (Å²) >= 11 is 1.31. The second kappa shape index (κ2) is 8.84. The molecule has 1 fully saturated rings. The lowest BCUT2D eigenvalue weighted by Crippen LogP contribution is -2.36. The monoisotopic (exact) mass is 373 g/mol. The summed E-state index contributed by atoms with van der Waals surface area (Å²) in [7, 11) is 1.83. The summed E-state index contributed by atoms with van der Waals surface area (Å²) in [6, 6.07) is 7.30. The second-order valence-corrected chi connectivity index (χ2v) is 7.39. The van der Waals surface area contributed by atoms with Crippen LogP contribution in [-0.2, 0) is 11.8 Å². The number of hydrogen-bond donors (Lipinski definition) is 2. The van der Waals surface area contributed by atoms with Crippen molar-refractivity contribution in [2.75, 3.05) is 11.1 Å². The van der Waals surface area contributed by atoms with Crippen LogP contribution in [0.4, 0.5) is 5.69 Å². The Kier molecular flexibility index (Phi) is 6.27. The molecule has 8 heteroatoms. The number of carbonyl (C=O) groups excluding carboxylic acids is 2. The van der Waals surface area contributed by atoms with E-state index >= 15 is 0 Å². The molecular weight excluding hydrogens is 350 g/mol. The molecule has 2 aromatic rings. The van der Waals surface area contributed by atoms with Crippen LogP contribution in [0.1, 0.15) is 42.5 Å². The standard InChI is InChI=1S/C18H23N5O2S/c1-23-12-19-22-18(23)26-11-16(24)20-15-9-5-6-13(10-15)17(25)21-14-7-3-2-4-8-14/h5-6,9-10,12,14H,2-4,7-8,11H2,1H3,(H,20,24)(H,21,25). The normalized spacial score (nSPS) is 14.8. The third-order valence-electron chi connectivity index (χ3n) is 4.35. The fourth-order valence-electron chi connectivity index (χ4n) is 2.98. The van der Waals surface area contributed by atoms with Crippen molar-refractivity contribution in [3.8, 4) is 0 Å². The third-order valence-corrected chi connectivity index (χ3v) is 5.39.